The molecule has 0 fully saturated rings. The highest BCUT2D eigenvalue weighted by Crippen LogP contribution is 2.26. The van der Waals surface area contributed by atoms with E-state index >= 15 is 0 Å². The Balaban J connectivity index is 2.82. The molecular weight excluding hydrogens is 274 g/mol. The van der Waals surface area contributed by atoms with Gasteiger partial charge in [-0.3, -0.25) is 15.4 Å². The Labute approximate surface area is 103 Å². The van der Waals surface area contributed by atoms with Crippen LogP contribution in [-0.2, 0) is 0 Å². The van der Waals surface area contributed by atoms with Crippen molar-refractivity contribution in [3.8, 4) is 0 Å². The van der Waals surface area contributed by atoms with Crippen molar-refractivity contribution in [2.45, 2.75) is 6.18 Å². The fourth-order valence-corrected chi connectivity index (χ4v) is 1.13. The Bertz CT molecular complexity index is 504. The maximum absolute atomic E-state index is 13.3. The zero-order valence-electron chi connectivity index (χ0n) is 9.12. The number of nitro benzene ring substituents is 1. The van der Waals surface area contributed by atoms with E-state index in [0.29, 0.717) is 0 Å². The first kappa shape index (κ1) is 14.7. The molecule has 1 rings (SSSR count). The van der Waals surface area contributed by atoms with Crippen LogP contribution in [0.4, 0.5) is 33.7 Å². The van der Waals surface area contributed by atoms with Gasteiger partial charge in [0.1, 0.15) is 6.54 Å². The first-order valence-corrected chi connectivity index (χ1v) is 4.75. The number of carbonyl (C=O) groups is 1. The Morgan fingerprint density at radius 2 is 2.00 bits per heavy atom. The number of para-hydroxylation sites is 1. The van der Waals surface area contributed by atoms with Crippen LogP contribution in [0.3, 0.4) is 0 Å². The van der Waals surface area contributed by atoms with Gasteiger partial charge >= 0.3 is 12.2 Å². The zero-order valence-corrected chi connectivity index (χ0v) is 9.12. The van der Waals surface area contributed by atoms with Crippen molar-refractivity contribution in [1.29, 1.82) is 0 Å². The molecular formula is C9H7F4N3O3. The normalized spacial score (nSPS) is 10.9. The fourth-order valence-electron chi connectivity index (χ4n) is 1.13. The SMILES string of the molecule is O=C(NCC(F)(F)F)Nc1c(F)cccc1[N+](=O)[O-]. The molecule has 0 aliphatic rings. The van der Waals surface area contributed by atoms with E-state index in [2.05, 4.69) is 0 Å². The molecule has 1 aromatic carbocycles. The Morgan fingerprint density at radius 1 is 1.37 bits per heavy atom. The third-order valence-electron chi connectivity index (χ3n) is 1.88. The van der Waals surface area contributed by atoms with Crippen molar-refractivity contribution in [1.82, 2.24) is 5.32 Å². The average molecular weight is 281 g/mol. The zero-order chi connectivity index (χ0) is 14.6. The number of hydrogen-bond donors (Lipinski definition) is 2. The third-order valence-corrected chi connectivity index (χ3v) is 1.88. The minimum atomic E-state index is -4.64. The van der Waals surface area contributed by atoms with E-state index < -0.39 is 40.9 Å². The van der Waals surface area contributed by atoms with Crippen LogP contribution in [-0.4, -0.2) is 23.7 Å². The van der Waals surface area contributed by atoms with Gasteiger partial charge in [0.2, 0.25) is 0 Å². The molecule has 6 nitrogen and oxygen atoms in total. The number of rotatable bonds is 3. The van der Waals surface area contributed by atoms with Crippen LogP contribution in [0.25, 0.3) is 0 Å². The molecule has 0 heterocycles. The van der Waals surface area contributed by atoms with Crippen molar-refractivity contribution >= 4 is 17.4 Å². The number of nitrogens with one attached hydrogen (secondary N) is 2. The highest BCUT2D eigenvalue weighted by molar-refractivity contribution is 5.91. The maximum atomic E-state index is 13.3. The Kier molecular flexibility index (Phi) is 4.25. The fraction of sp³-hybridized carbons (Fsp3) is 0.222. The van der Waals surface area contributed by atoms with Crippen LogP contribution in [0.5, 0.6) is 0 Å². The maximum Gasteiger partial charge on any atom is 0.405 e. The first-order chi connectivity index (χ1) is 8.70. The lowest BCUT2D eigenvalue weighted by molar-refractivity contribution is -0.384. The molecule has 0 atom stereocenters. The lowest BCUT2D eigenvalue weighted by Crippen LogP contribution is -2.36. The number of carbonyl (C=O) groups excluding carboxylic acids is 1. The predicted molar refractivity (Wildman–Crippen MR) is 56.1 cm³/mol. The predicted octanol–water partition coefficient (Wildman–Crippen LogP) is 2.42. The van der Waals surface area contributed by atoms with Crippen LogP contribution in [0.15, 0.2) is 18.2 Å². The van der Waals surface area contributed by atoms with E-state index in [4.69, 9.17) is 0 Å². The summed E-state index contributed by atoms with van der Waals surface area (Å²) in [6.45, 7) is -1.64. The summed E-state index contributed by atoms with van der Waals surface area (Å²) < 4.78 is 48.7. The average Bonchev–Trinajstić information content (AvgIpc) is 2.28. The van der Waals surface area contributed by atoms with E-state index in [9.17, 15) is 32.5 Å². The van der Waals surface area contributed by atoms with Crippen LogP contribution in [0.2, 0.25) is 0 Å². The van der Waals surface area contributed by atoms with E-state index in [1.807, 2.05) is 0 Å². The second-order valence-corrected chi connectivity index (χ2v) is 3.31. The van der Waals surface area contributed by atoms with Gasteiger partial charge in [-0.2, -0.15) is 13.2 Å². The molecule has 104 valence electrons. The number of amides is 2. The standard InChI is InChI=1S/C9H7F4N3O3/c10-5-2-1-3-6(16(18)19)7(5)15-8(17)14-4-9(11,12)13/h1-3H,4H2,(H2,14,15,17). The molecule has 1 aromatic rings. The van der Waals surface area contributed by atoms with Crippen LogP contribution in [0, 0.1) is 15.9 Å². The summed E-state index contributed by atoms with van der Waals surface area (Å²) in [4.78, 5) is 20.7. The minimum absolute atomic E-state index is 0.762. The van der Waals surface area contributed by atoms with Crippen molar-refractivity contribution in [2.24, 2.45) is 0 Å². The summed E-state index contributed by atoms with van der Waals surface area (Å²) in [6.07, 6.45) is -4.64. The number of hydrogen-bond acceptors (Lipinski definition) is 3. The van der Waals surface area contributed by atoms with Crippen molar-refractivity contribution in [2.75, 3.05) is 11.9 Å². The van der Waals surface area contributed by atoms with E-state index in [1.165, 1.54) is 5.32 Å². The summed E-state index contributed by atoms with van der Waals surface area (Å²) in [5.74, 6) is -1.13. The highest BCUT2D eigenvalue weighted by Gasteiger charge is 2.28. The van der Waals surface area contributed by atoms with Crippen molar-refractivity contribution in [3.63, 3.8) is 0 Å². The van der Waals surface area contributed by atoms with E-state index in [1.54, 1.807) is 5.32 Å². The number of alkyl halides is 3. The Hall–Kier alpha value is -2.39. The summed E-state index contributed by atoms with van der Waals surface area (Å²) in [6, 6.07) is 1.37. The molecule has 0 saturated heterocycles. The summed E-state index contributed by atoms with van der Waals surface area (Å²) in [5, 5.41) is 13.6. The third kappa shape index (κ3) is 4.41. The molecule has 10 heteroatoms. The largest absolute Gasteiger partial charge is 0.405 e. The van der Waals surface area contributed by atoms with Gasteiger partial charge in [0, 0.05) is 6.07 Å². The topological polar surface area (TPSA) is 84.3 Å². The molecule has 0 radical (unpaired) electrons. The minimum Gasteiger partial charge on any atom is -0.329 e. The number of nitrogens with zero attached hydrogens (tertiary/aromatic N) is 1. The first-order valence-electron chi connectivity index (χ1n) is 4.75. The molecule has 0 aromatic heterocycles. The van der Waals surface area contributed by atoms with Gasteiger partial charge in [0.15, 0.2) is 11.5 Å². The van der Waals surface area contributed by atoms with Gasteiger partial charge in [0.25, 0.3) is 5.69 Å². The second kappa shape index (κ2) is 5.50. The molecule has 0 aliphatic heterocycles. The van der Waals surface area contributed by atoms with Crippen molar-refractivity contribution < 1.29 is 27.3 Å². The molecule has 0 saturated carbocycles. The lowest BCUT2D eigenvalue weighted by Gasteiger charge is -2.10. The highest BCUT2D eigenvalue weighted by atomic mass is 19.4. The number of anilines is 1. The smallest absolute Gasteiger partial charge is 0.329 e. The molecule has 2 amide bonds. The van der Waals surface area contributed by atoms with Crippen molar-refractivity contribution in [3.05, 3.63) is 34.1 Å². The second-order valence-electron chi connectivity index (χ2n) is 3.31. The van der Waals surface area contributed by atoms with Gasteiger partial charge in [-0.15, -0.1) is 0 Å². The molecule has 2 N–H and O–H groups in total. The molecule has 0 spiro atoms. The summed E-state index contributed by atoms with van der Waals surface area (Å²) in [5.41, 5.74) is -1.56. The van der Waals surface area contributed by atoms with E-state index in [-0.39, 0.29) is 0 Å². The van der Waals surface area contributed by atoms with Gasteiger partial charge in [-0.05, 0) is 6.07 Å². The molecule has 0 aliphatic carbocycles. The number of halogens is 4. The Morgan fingerprint density at radius 3 is 2.53 bits per heavy atom. The van der Waals surface area contributed by atoms with Gasteiger partial charge in [0.05, 0.1) is 4.92 Å². The number of urea groups is 1. The van der Waals surface area contributed by atoms with Gasteiger partial charge in [-0.1, -0.05) is 6.07 Å². The summed E-state index contributed by atoms with van der Waals surface area (Å²) >= 11 is 0. The van der Waals surface area contributed by atoms with Crippen LogP contribution >= 0.6 is 0 Å². The van der Waals surface area contributed by atoms with Crippen LogP contribution in [0.1, 0.15) is 0 Å². The lowest BCUT2D eigenvalue weighted by atomic mass is 10.2. The molecule has 0 bridgehead atoms. The molecule has 19 heavy (non-hydrogen) atoms. The summed E-state index contributed by atoms with van der Waals surface area (Å²) in [7, 11) is 0. The van der Waals surface area contributed by atoms with Crippen LogP contribution < -0.4 is 10.6 Å². The monoisotopic (exact) mass is 281 g/mol. The molecule has 0 unspecified atom stereocenters. The van der Waals surface area contributed by atoms with Gasteiger partial charge in [-0.25, -0.2) is 9.18 Å². The quantitative estimate of drug-likeness (QED) is 0.507. The number of benzene rings is 1. The number of nitro groups is 1. The van der Waals surface area contributed by atoms with E-state index in [0.717, 1.165) is 18.2 Å². The van der Waals surface area contributed by atoms with Gasteiger partial charge < -0.3 is 5.32 Å².